The maximum atomic E-state index is 12.4. The average Bonchev–Trinajstić information content (AvgIpc) is 2.71. The molecule has 0 aliphatic heterocycles. The second-order valence-electron chi connectivity index (χ2n) is 6.59. The fraction of sp³-hybridized carbons (Fsp3) is 0.435. The largest absolute Gasteiger partial charge is 0.493 e. The molecule has 0 saturated heterocycles. The van der Waals surface area contributed by atoms with Gasteiger partial charge in [-0.05, 0) is 62.4 Å². The van der Waals surface area contributed by atoms with Gasteiger partial charge in [-0.2, -0.15) is 0 Å². The van der Waals surface area contributed by atoms with E-state index < -0.39 is 6.10 Å². The summed E-state index contributed by atoms with van der Waals surface area (Å²) in [5, 5.41) is 2.98. The number of methoxy groups -OCH3 is 1. The molecule has 0 spiro atoms. The predicted octanol–water partition coefficient (Wildman–Crippen LogP) is 4.31. The van der Waals surface area contributed by atoms with Gasteiger partial charge in [-0.15, -0.1) is 0 Å². The number of benzene rings is 2. The van der Waals surface area contributed by atoms with E-state index >= 15 is 0 Å². The molecule has 2 rings (SSSR count). The van der Waals surface area contributed by atoms with Gasteiger partial charge in [0.1, 0.15) is 5.75 Å². The molecule has 0 aromatic heterocycles. The number of rotatable bonds is 11. The molecule has 1 atom stereocenters. The maximum absolute atomic E-state index is 12.4. The Morgan fingerprint density at radius 2 is 1.86 bits per heavy atom. The van der Waals surface area contributed by atoms with Crippen LogP contribution in [-0.4, -0.2) is 32.3 Å². The van der Waals surface area contributed by atoms with Gasteiger partial charge in [0, 0.05) is 6.54 Å². The Balaban J connectivity index is 1.82. The highest BCUT2D eigenvalue weighted by Crippen LogP contribution is 2.28. The highest BCUT2D eigenvalue weighted by Gasteiger charge is 2.18. The van der Waals surface area contributed by atoms with Crippen molar-refractivity contribution in [2.45, 2.75) is 46.1 Å². The molecule has 0 unspecified atom stereocenters. The summed E-state index contributed by atoms with van der Waals surface area (Å²) in [6.45, 7) is 7.08. The lowest BCUT2D eigenvalue weighted by Crippen LogP contribution is -2.38. The number of para-hydroxylation sites is 1. The van der Waals surface area contributed by atoms with Crippen molar-refractivity contribution >= 4 is 5.91 Å². The predicted molar refractivity (Wildman–Crippen MR) is 111 cm³/mol. The summed E-state index contributed by atoms with van der Waals surface area (Å²) in [7, 11) is 1.64. The van der Waals surface area contributed by atoms with Crippen LogP contribution in [0.4, 0.5) is 0 Å². The van der Waals surface area contributed by atoms with Crippen LogP contribution in [0.1, 0.15) is 37.8 Å². The Morgan fingerprint density at radius 1 is 1.07 bits per heavy atom. The van der Waals surface area contributed by atoms with Gasteiger partial charge in [0.05, 0.1) is 13.7 Å². The lowest BCUT2D eigenvalue weighted by molar-refractivity contribution is -0.128. The lowest BCUT2D eigenvalue weighted by atomic mass is 10.1. The standard InChI is InChI=1S/C23H31NO4/c1-5-19(28-20-12-8-7-10-17(20)3)23(25)24-15-9-11-18-13-14-21(27-6-2)22(16-18)26-4/h7-8,10,12-14,16,19H,5-6,9,11,15H2,1-4H3,(H,24,25)/t19-/m1/s1. The second-order valence-corrected chi connectivity index (χ2v) is 6.59. The van der Waals surface area contributed by atoms with E-state index in [1.165, 1.54) is 0 Å². The molecule has 0 aliphatic carbocycles. The van der Waals surface area contributed by atoms with Crippen LogP contribution >= 0.6 is 0 Å². The monoisotopic (exact) mass is 385 g/mol. The Hall–Kier alpha value is -2.69. The third kappa shape index (κ3) is 6.19. The van der Waals surface area contributed by atoms with Crippen molar-refractivity contribution in [3.63, 3.8) is 0 Å². The van der Waals surface area contributed by atoms with Crippen LogP contribution in [0, 0.1) is 6.92 Å². The first-order valence-electron chi connectivity index (χ1n) is 9.88. The summed E-state index contributed by atoms with van der Waals surface area (Å²) in [4.78, 5) is 12.4. The molecule has 0 radical (unpaired) electrons. The number of hydrogen-bond acceptors (Lipinski definition) is 4. The van der Waals surface area contributed by atoms with E-state index in [2.05, 4.69) is 5.32 Å². The summed E-state index contributed by atoms with van der Waals surface area (Å²) in [5.74, 6) is 2.17. The van der Waals surface area contributed by atoms with E-state index in [4.69, 9.17) is 14.2 Å². The summed E-state index contributed by atoms with van der Waals surface area (Å²) in [6, 6.07) is 13.7. The van der Waals surface area contributed by atoms with Gasteiger partial charge in [0.15, 0.2) is 17.6 Å². The van der Waals surface area contributed by atoms with Gasteiger partial charge in [-0.3, -0.25) is 4.79 Å². The van der Waals surface area contributed by atoms with Gasteiger partial charge in [-0.1, -0.05) is 31.2 Å². The molecule has 28 heavy (non-hydrogen) atoms. The fourth-order valence-corrected chi connectivity index (χ4v) is 2.92. The molecule has 0 heterocycles. The summed E-state index contributed by atoms with van der Waals surface area (Å²) in [5.41, 5.74) is 2.18. The highest BCUT2D eigenvalue weighted by atomic mass is 16.5. The normalized spacial score (nSPS) is 11.6. The molecule has 1 N–H and O–H groups in total. The quantitative estimate of drug-likeness (QED) is 0.586. The van der Waals surface area contributed by atoms with Gasteiger partial charge in [0.2, 0.25) is 0 Å². The number of aryl methyl sites for hydroxylation is 2. The van der Waals surface area contributed by atoms with E-state index in [-0.39, 0.29) is 5.91 Å². The van der Waals surface area contributed by atoms with Crippen molar-refractivity contribution < 1.29 is 19.0 Å². The van der Waals surface area contributed by atoms with E-state index in [1.807, 2.05) is 63.2 Å². The van der Waals surface area contributed by atoms with Crippen molar-refractivity contribution in [2.24, 2.45) is 0 Å². The smallest absolute Gasteiger partial charge is 0.261 e. The van der Waals surface area contributed by atoms with E-state index in [0.717, 1.165) is 41.2 Å². The van der Waals surface area contributed by atoms with Gasteiger partial charge in [0.25, 0.3) is 5.91 Å². The number of amides is 1. The second kappa shape index (κ2) is 11.2. The van der Waals surface area contributed by atoms with Crippen LogP contribution in [0.25, 0.3) is 0 Å². The van der Waals surface area contributed by atoms with Crippen LogP contribution < -0.4 is 19.5 Å². The van der Waals surface area contributed by atoms with E-state index in [1.54, 1.807) is 7.11 Å². The Labute approximate surface area is 168 Å². The number of nitrogens with one attached hydrogen (secondary N) is 1. The summed E-state index contributed by atoms with van der Waals surface area (Å²) in [6.07, 6.45) is 1.82. The van der Waals surface area contributed by atoms with Crippen molar-refractivity contribution in [1.29, 1.82) is 0 Å². The third-order valence-corrected chi connectivity index (χ3v) is 4.50. The number of hydrogen-bond donors (Lipinski definition) is 1. The van der Waals surface area contributed by atoms with Crippen LogP contribution in [-0.2, 0) is 11.2 Å². The summed E-state index contributed by atoms with van der Waals surface area (Å²) < 4.78 is 16.8. The SMILES string of the molecule is CCOc1ccc(CCCNC(=O)[C@@H](CC)Oc2ccccc2C)cc1OC. The molecular weight excluding hydrogens is 354 g/mol. The molecule has 0 bridgehead atoms. The molecule has 5 nitrogen and oxygen atoms in total. The Morgan fingerprint density at radius 3 is 2.54 bits per heavy atom. The minimum absolute atomic E-state index is 0.0740. The highest BCUT2D eigenvalue weighted by molar-refractivity contribution is 5.81. The first-order valence-corrected chi connectivity index (χ1v) is 9.88. The zero-order chi connectivity index (χ0) is 20.4. The van der Waals surface area contributed by atoms with Crippen LogP contribution in [0.15, 0.2) is 42.5 Å². The molecule has 152 valence electrons. The van der Waals surface area contributed by atoms with Gasteiger partial charge in [-0.25, -0.2) is 0 Å². The Kier molecular flexibility index (Phi) is 8.66. The first kappa shape index (κ1) is 21.6. The number of carbonyl (C=O) groups is 1. The minimum Gasteiger partial charge on any atom is -0.493 e. The zero-order valence-corrected chi connectivity index (χ0v) is 17.3. The molecule has 2 aromatic rings. The number of ether oxygens (including phenoxy) is 3. The van der Waals surface area contributed by atoms with Crippen molar-refractivity contribution in [3.05, 3.63) is 53.6 Å². The van der Waals surface area contributed by atoms with Crippen molar-refractivity contribution in [2.75, 3.05) is 20.3 Å². The summed E-state index contributed by atoms with van der Waals surface area (Å²) >= 11 is 0. The molecule has 2 aromatic carbocycles. The average molecular weight is 386 g/mol. The molecule has 0 saturated carbocycles. The van der Waals surface area contributed by atoms with Crippen LogP contribution in [0.5, 0.6) is 17.2 Å². The molecule has 0 fully saturated rings. The van der Waals surface area contributed by atoms with Crippen LogP contribution in [0.3, 0.4) is 0 Å². The first-order chi connectivity index (χ1) is 13.6. The van der Waals surface area contributed by atoms with E-state index in [0.29, 0.717) is 19.6 Å². The topological polar surface area (TPSA) is 56.8 Å². The molecule has 5 heteroatoms. The van der Waals surface area contributed by atoms with Crippen molar-refractivity contribution in [1.82, 2.24) is 5.32 Å². The lowest BCUT2D eigenvalue weighted by Gasteiger charge is -2.18. The maximum Gasteiger partial charge on any atom is 0.261 e. The zero-order valence-electron chi connectivity index (χ0n) is 17.3. The number of carbonyl (C=O) groups excluding carboxylic acids is 1. The van der Waals surface area contributed by atoms with Gasteiger partial charge < -0.3 is 19.5 Å². The minimum atomic E-state index is -0.480. The fourth-order valence-electron chi connectivity index (χ4n) is 2.92. The van der Waals surface area contributed by atoms with Gasteiger partial charge >= 0.3 is 0 Å². The molecule has 1 amide bonds. The van der Waals surface area contributed by atoms with E-state index in [9.17, 15) is 4.79 Å². The van der Waals surface area contributed by atoms with Crippen LogP contribution in [0.2, 0.25) is 0 Å². The molecule has 0 aliphatic rings. The molecular formula is C23H31NO4. The van der Waals surface area contributed by atoms with Crippen molar-refractivity contribution in [3.8, 4) is 17.2 Å². The third-order valence-electron chi connectivity index (χ3n) is 4.50. The Bertz CT molecular complexity index is 760.